The summed E-state index contributed by atoms with van der Waals surface area (Å²) < 4.78 is 6.38. The summed E-state index contributed by atoms with van der Waals surface area (Å²) in [7, 11) is 1.72. The molecule has 1 nitrogen and oxygen atoms in total. The summed E-state index contributed by atoms with van der Waals surface area (Å²) >= 11 is 3.55. The predicted octanol–water partition coefficient (Wildman–Crippen LogP) is 2.62. The molecule has 10 heavy (non-hydrogen) atoms. The van der Waals surface area contributed by atoms with Gasteiger partial charge in [0, 0.05) is 12.7 Å². The van der Waals surface area contributed by atoms with Gasteiger partial charge < -0.3 is 4.74 Å². The number of ether oxygens (including phenoxy) is 1. The molecule has 0 radical (unpaired) electrons. The van der Waals surface area contributed by atoms with Gasteiger partial charge in [-0.3, -0.25) is 0 Å². The number of thiophene rings is 1. The van der Waals surface area contributed by atoms with E-state index < -0.39 is 0 Å². The van der Waals surface area contributed by atoms with Gasteiger partial charge in [0.05, 0.1) is 10.8 Å². The molecule has 1 heterocycles. The SMILES string of the molecule is COCc1ccsc1SC. The van der Waals surface area contributed by atoms with Crippen molar-refractivity contribution >= 4 is 23.1 Å². The van der Waals surface area contributed by atoms with E-state index in [4.69, 9.17) is 4.74 Å². The first-order valence-electron chi connectivity index (χ1n) is 2.97. The van der Waals surface area contributed by atoms with Crippen molar-refractivity contribution in [2.24, 2.45) is 0 Å². The Balaban J connectivity index is 2.70. The molecule has 0 unspecified atom stereocenters. The molecule has 0 atom stereocenters. The second-order valence-electron chi connectivity index (χ2n) is 1.87. The number of rotatable bonds is 3. The van der Waals surface area contributed by atoms with Gasteiger partial charge in [-0.2, -0.15) is 0 Å². The molecule has 0 N–H and O–H groups in total. The van der Waals surface area contributed by atoms with Gasteiger partial charge in [0.25, 0.3) is 0 Å². The number of hydrogen-bond acceptors (Lipinski definition) is 3. The lowest BCUT2D eigenvalue weighted by Gasteiger charge is -1.96. The molecule has 0 saturated heterocycles. The average molecular weight is 174 g/mol. The molecule has 0 aliphatic carbocycles. The molecule has 1 aromatic heterocycles. The van der Waals surface area contributed by atoms with E-state index in [9.17, 15) is 0 Å². The highest BCUT2D eigenvalue weighted by molar-refractivity contribution is 8.00. The summed E-state index contributed by atoms with van der Waals surface area (Å²) in [5, 5.41) is 2.10. The molecule has 0 aromatic carbocycles. The molecule has 3 heteroatoms. The fourth-order valence-corrected chi connectivity index (χ4v) is 2.34. The van der Waals surface area contributed by atoms with Crippen LogP contribution in [0.5, 0.6) is 0 Å². The second-order valence-corrected chi connectivity index (χ2v) is 3.86. The number of thioether (sulfide) groups is 1. The third-order valence-corrected chi connectivity index (χ3v) is 3.36. The highest BCUT2D eigenvalue weighted by Crippen LogP contribution is 2.26. The minimum atomic E-state index is 0.736. The maximum atomic E-state index is 5.02. The third kappa shape index (κ3) is 1.75. The zero-order valence-corrected chi connectivity index (χ0v) is 7.72. The topological polar surface area (TPSA) is 9.23 Å². The van der Waals surface area contributed by atoms with Gasteiger partial charge in [0.2, 0.25) is 0 Å². The lowest BCUT2D eigenvalue weighted by Crippen LogP contribution is -1.84. The van der Waals surface area contributed by atoms with Crippen molar-refractivity contribution in [3.05, 3.63) is 17.0 Å². The van der Waals surface area contributed by atoms with Crippen molar-refractivity contribution in [2.45, 2.75) is 10.8 Å². The van der Waals surface area contributed by atoms with E-state index >= 15 is 0 Å². The summed E-state index contributed by atoms with van der Waals surface area (Å²) in [6, 6.07) is 2.11. The Bertz CT molecular complexity index is 195. The molecule has 0 fully saturated rings. The Kier molecular flexibility index (Phi) is 3.25. The lowest BCUT2D eigenvalue weighted by atomic mass is 10.4. The van der Waals surface area contributed by atoms with Crippen molar-refractivity contribution < 1.29 is 4.74 Å². The van der Waals surface area contributed by atoms with Crippen LogP contribution in [0, 0.1) is 0 Å². The number of methoxy groups -OCH3 is 1. The maximum absolute atomic E-state index is 5.02. The first kappa shape index (κ1) is 8.11. The smallest absolute Gasteiger partial charge is 0.0732 e. The Morgan fingerprint density at radius 1 is 1.70 bits per heavy atom. The average Bonchev–Trinajstić information content (AvgIpc) is 2.36. The maximum Gasteiger partial charge on any atom is 0.0732 e. The van der Waals surface area contributed by atoms with Crippen molar-refractivity contribution in [3.63, 3.8) is 0 Å². The van der Waals surface area contributed by atoms with E-state index in [2.05, 4.69) is 17.7 Å². The largest absolute Gasteiger partial charge is 0.380 e. The Hall–Kier alpha value is 0.01000. The standard InChI is InChI=1S/C7H10OS2/c1-8-5-6-3-4-10-7(6)9-2/h3-4H,5H2,1-2H3. The summed E-state index contributed by atoms with van der Waals surface area (Å²) in [6.45, 7) is 0.736. The van der Waals surface area contributed by atoms with E-state index in [0.29, 0.717) is 0 Å². The zero-order valence-electron chi connectivity index (χ0n) is 6.09. The van der Waals surface area contributed by atoms with Gasteiger partial charge in [0.15, 0.2) is 0 Å². The van der Waals surface area contributed by atoms with Crippen LogP contribution < -0.4 is 0 Å². The van der Waals surface area contributed by atoms with Crippen LogP contribution in [0.4, 0.5) is 0 Å². The quantitative estimate of drug-likeness (QED) is 0.651. The Morgan fingerprint density at radius 2 is 2.50 bits per heavy atom. The van der Waals surface area contributed by atoms with Gasteiger partial charge in [-0.05, 0) is 17.7 Å². The highest BCUT2D eigenvalue weighted by Gasteiger charge is 2.00. The molecular weight excluding hydrogens is 164 g/mol. The van der Waals surface area contributed by atoms with Gasteiger partial charge in [-0.25, -0.2) is 0 Å². The van der Waals surface area contributed by atoms with Crippen LogP contribution in [-0.2, 0) is 11.3 Å². The van der Waals surface area contributed by atoms with Crippen LogP contribution in [-0.4, -0.2) is 13.4 Å². The van der Waals surface area contributed by atoms with Crippen LogP contribution in [0.3, 0.4) is 0 Å². The monoisotopic (exact) mass is 174 g/mol. The minimum Gasteiger partial charge on any atom is -0.380 e. The first-order chi connectivity index (χ1) is 4.88. The van der Waals surface area contributed by atoms with Crippen LogP contribution in [0.15, 0.2) is 15.7 Å². The van der Waals surface area contributed by atoms with Crippen molar-refractivity contribution in [2.75, 3.05) is 13.4 Å². The van der Waals surface area contributed by atoms with E-state index in [1.54, 1.807) is 30.2 Å². The fourth-order valence-electron chi connectivity index (χ4n) is 0.763. The molecular formula is C7H10OS2. The van der Waals surface area contributed by atoms with Crippen molar-refractivity contribution in [1.29, 1.82) is 0 Å². The molecule has 0 spiro atoms. The summed E-state index contributed by atoms with van der Waals surface area (Å²) in [6.07, 6.45) is 2.09. The zero-order chi connectivity index (χ0) is 7.40. The molecule has 0 saturated carbocycles. The molecule has 1 rings (SSSR count). The predicted molar refractivity (Wildman–Crippen MR) is 46.8 cm³/mol. The van der Waals surface area contributed by atoms with Crippen LogP contribution in [0.25, 0.3) is 0 Å². The van der Waals surface area contributed by atoms with Gasteiger partial charge in [-0.1, -0.05) is 0 Å². The molecule has 0 bridgehead atoms. The summed E-state index contributed by atoms with van der Waals surface area (Å²) in [5.74, 6) is 0. The minimum absolute atomic E-state index is 0.736. The lowest BCUT2D eigenvalue weighted by molar-refractivity contribution is 0.183. The normalized spacial score (nSPS) is 10.2. The van der Waals surface area contributed by atoms with E-state index in [-0.39, 0.29) is 0 Å². The summed E-state index contributed by atoms with van der Waals surface area (Å²) in [5.41, 5.74) is 1.31. The first-order valence-corrected chi connectivity index (χ1v) is 5.08. The van der Waals surface area contributed by atoms with Crippen LogP contribution >= 0.6 is 23.1 Å². The highest BCUT2D eigenvalue weighted by atomic mass is 32.2. The molecule has 1 aromatic rings. The Labute approximate surface area is 69.4 Å². The molecule has 0 aliphatic rings. The van der Waals surface area contributed by atoms with Crippen molar-refractivity contribution in [1.82, 2.24) is 0 Å². The van der Waals surface area contributed by atoms with E-state index in [1.165, 1.54) is 9.77 Å². The van der Waals surface area contributed by atoms with Crippen LogP contribution in [0.1, 0.15) is 5.56 Å². The van der Waals surface area contributed by atoms with Gasteiger partial charge in [-0.15, -0.1) is 23.1 Å². The fraction of sp³-hybridized carbons (Fsp3) is 0.429. The molecule has 56 valence electrons. The third-order valence-electron chi connectivity index (χ3n) is 1.19. The van der Waals surface area contributed by atoms with Crippen LogP contribution in [0.2, 0.25) is 0 Å². The Morgan fingerprint density at radius 3 is 3.10 bits per heavy atom. The summed E-state index contributed by atoms with van der Waals surface area (Å²) in [4.78, 5) is 0. The molecule has 0 aliphatic heterocycles. The van der Waals surface area contributed by atoms with E-state index in [1.807, 2.05) is 0 Å². The van der Waals surface area contributed by atoms with Gasteiger partial charge >= 0.3 is 0 Å². The molecule has 0 amide bonds. The van der Waals surface area contributed by atoms with Crippen molar-refractivity contribution in [3.8, 4) is 0 Å². The van der Waals surface area contributed by atoms with E-state index in [0.717, 1.165) is 6.61 Å². The van der Waals surface area contributed by atoms with Gasteiger partial charge in [0.1, 0.15) is 0 Å². The second kappa shape index (κ2) is 4.01. The number of hydrogen-bond donors (Lipinski definition) is 0.